The molecule has 1 saturated carbocycles. The van der Waals surface area contributed by atoms with Gasteiger partial charge in [0, 0.05) is 25.2 Å². The summed E-state index contributed by atoms with van der Waals surface area (Å²) < 4.78 is 0. The summed E-state index contributed by atoms with van der Waals surface area (Å²) in [6, 6.07) is 1.21. The molecule has 0 amide bonds. The fourth-order valence-corrected chi connectivity index (χ4v) is 3.10. The fourth-order valence-electron chi connectivity index (χ4n) is 3.10. The van der Waals surface area contributed by atoms with Gasteiger partial charge in [-0.15, -0.1) is 0 Å². The number of aliphatic hydroxyl groups excluding tert-OH is 1. The van der Waals surface area contributed by atoms with Gasteiger partial charge in [-0.2, -0.15) is 0 Å². The van der Waals surface area contributed by atoms with Gasteiger partial charge in [-0.05, 0) is 32.2 Å². The summed E-state index contributed by atoms with van der Waals surface area (Å²) in [6.45, 7) is 3.73. The highest BCUT2D eigenvalue weighted by molar-refractivity contribution is 4.78. The molecule has 3 heteroatoms. The average molecular weight is 226 g/mol. The Morgan fingerprint density at radius 1 is 1.06 bits per heavy atom. The molecule has 3 nitrogen and oxygen atoms in total. The lowest BCUT2D eigenvalue weighted by Gasteiger charge is -2.34. The van der Waals surface area contributed by atoms with Gasteiger partial charge in [0.15, 0.2) is 0 Å². The van der Waals surface area contributed by atoms with Crippen LogP contribution in [-0.4, -0.2) is 48.3 Å². The van der Waals surface area contributed by atoms with E-state index in [4.69, 9.17) is 0 Å². The van der Waals surface area contributed by atoms with Crippen LogP contribution in [0.15, 0.2) is 0 Å². The molecule has 2 aliphatic rings. The molecule has 0 aromatic carbocycles. The number of nitrogens with one attached hydrogen (secondary N) is 1. The predicted molar refractivity (Wildman–Crippen MR) is 66.6 cm³/mol. The van der Waals surface area contributed by atoms with Gasteiger partial charge in [0.1, 0.15) is 0 Å². The summed E-state index contributed by atoms with van der Waals surface area (Å²) in [5.74, 6) is 0. The second kappa shape index (κ2) is 6.58. The number of nitrogens with zero attached hydrogens (tertiary/aromatic N) is 1. The molecule has 0 aromatic rings. The van der Waals surface area contributed by atoms with Gasteiger partial charge in [-0.3, -0.25) is 4.90 Å². The lowest BCUT2D eigenvalue weighted by Crippen LogP contribution is -2.45. The van der Waals surface area contributed by atoms with E-state index in [1.54, 1.807) is 0 Å². The molecule has 2 N–H and O–H groups in total. The Labute approximate surface area is 99.2 Å². The minimum Gasteiger partial charge on any atom is -0.395 e. The molecule has 2 fully saturated rings. The lowest BCUT2D eigenvalue weighted by molar-refractivity contribution is 0.0904. The maximum atomic E-state index is 9.31. The van der Waals surface area contributed by atoms with E-state index in [2.05, 4.69) is 10.2 Å². The van der Waals surface area contributed by atoms with Gasteiger partial charge in [-0.1, -0.05) is 19.3 Å². The van der Waals surface area contributed by atoms with E-state index in [9.17, 15) is 5.11 Å². The molecule has 1 atom stereocenters. The molecule has 16 heavy (non-hydrogen) atoms. The molecule has 0 bridgehead atoms. The van der Waals surface area contributed by atoms with Crippen molar-refractivity contribution in [1.82, 2.24) is 10.2 Å². The van der Waals surface area contributed by atoms with E-state index in [0.717, 1.165) is 19.1 Å². The van der Waals surface area contributed by atoms with Crippen molar-refractivity contribution in [3.63, 3.8) is 0 Å². The first kappa shape index (κ1) is 12.3. The maximum Gasteiger partial charge on any atom is 0.0586 e. The van der Waals surface area contributed by atoms with Crippen LogP contribution in [0, 0.1) is 0 Å². The van der Waals surface area contributed by atoms with Crippen LogP contribution in [0.25, 0.3) is 0 Å². The van der Waals surface area contributed by atoms with E-state index >= 15 is 0 Å². The highest BCUT2D eigenvalue weighted by Gasteiger charge is 2.21. The summed E-state index contributed by atoms with van der Waals surface area (Å²) in [6.07, 6.45) is 9.31. The van der Waals surface area contributed by atoms with Crippen LogP contribution in [0.1, 0.15) is 44.9 Å². The number of hydrogen-bond acceptors (Lipinski definition) is 3. The van der Waals surface area contributed by atoms with E-state index in [0.29, 0.717) is 12.6 Å². The molecular formula is C13H26N2O. The average Bonchev–Trinajstić information content (AvgIpc) is 2.83. The summed E-state index contributed by atoms with van der Waals surface area (Å²) in [5.41, 5.74) is 0. The molecule has 2 rings (SSSR count). The molecule has 0 spiro atoms. The first-order valence-electron chi connectivity index (χ1n) is 6.98. The van der Waals surface area contributed by atoms with Gasteiger partial charge in [-0.25, -0.2) is 0 Å². The van der Waals surface area contributed by atoms with E-state index < -0.39 is 0 Å². The molecule has 94 valence electrons. The molecule has 0 unspecified atom stereocenters. The molecule has 0 aromatic heterocycles. The van der Waals surface area contributed by atoms with Crippen LogP contribution in [0.2, 0.25) is 0 Å². The number of aliphatic hydroxyl groups is 1. The van der Waals surface area contributed by atoms with Crippen molar-refractivity contribution in [2.45, 2.75) is 57.0 Å². The Balaban J connectivity index is 1.63. The fraction of sp³-hybridized carbons (Fsp3) is 1.00. The minimum atomic E-state index is 0.337. The number of rotatable bonds is 5. The number of likely N-dealkylation sites (tertiary alicyclic amines) is 1. The van der Waals surface area contributed by atoms with E-state index in [-0.39, 0.29) is 0 Å². The third-order valence-electron chi connectivity index (χ3n) is 4.15. The van der Waals surface area contributed by atoms with Gasteiger partial charge in [0.05, 0.1) is 6.61 Å². The van der Waals surface area contributed by atoms with Gasteiger partial charge < -0.3 is 10.4 Å². The van der Waals surface area contributed by atoms with E-state index in [1.807, 2.05) is 0 Å². The predicted octanol–water partition coefficient (Wildman–Crippen LogP) is 1.37. The highest BCUT2D eigenvalue weighted by atomic mass is 16.3. The van der Waals surface area contributed by atoms with E-state index in [1.165, 1.54) is 51.5 Å². The maximum absolute atomic E-state index is 9.31. The summed E-state index contributed by atoms with van der Waals surface area (Å²) in [5, 5.41) is 13.0. The van der Waals surface area contributed by atoms with Crippen LogP contribution < -0.4 is 5.32 Å². The topological polar surface area (TPSA) is 35.5 Å². The van der Waals surface area contributed by atoms with Crippen LogP contribution in [0.3, 0.4) is 0 Å². The lowest BCUT2D eigenvalue weighted by atomic mass is 10.0. The monoisotopic (exact) mass is 226 g/mol. The molecule has 0 radical (unpaired) electrons. The quantitative estimate of drug-likeness (QED) is 0.743. The Morgan fingerprint density at radius 2 is 1.81 bits per heavy atom. The van der Waals surface area contributed by atoms with Crippen molar-refractivity contribution in [1.29, 1.82) is 0 Å². The van der Waals surface area contributed by atoms with Crippen molar-refractivity contribution < 1.29 is 5.11 Å². The summed E-state index contributed by atoms with van der Waals surface area (Å²) in [4.78, 5) is 2.46. The molecule has 1 aliphatic heterocycles. The first-order valence-corrected chi connectivity index (χ1v) is 6.98. The van der Waals surface area contributed by atoms with Crippen molar-refractivity contribution in [2.75, 3.05) is 26.2 Å². The zero-order valence-electron chi connectivity index (χ0n) is 10.3. The van der Waals surface area contributed by atoms with Crippen molar-refractivity contribution in [3.05, 3.63) is 0 Å². The highest BCUT2D eigenvalue weighted by Crippen LogP contribution is 2.18. The molecule has 1 aliphatic carbocycles. The number of hydrogen-bond donors (Lipinski definition) is 2. The standard InChI is InChI=1S/C13H26N2O/c16-11-13-7-3-4-9-15(13)10-8-14-12-5-1-2-6-12/h12-14,16H,1-11H2/t13-/m1/s1. The summed E-state index contributed by atoms with van der Waals surface area (Å²) in [7, 11) is 0. The normalized spacial score (nSPS) is 28.7. The Hall–Kier alpha value is -0.120. The van der Waals surface area contributed by atoms with Crippen molar-refractivity contribution >= 4 is 0 Å². The number of piperidine rings is 1. The Bertz CT molecular complexity index is 192. The summed E-state index contributed by atoms with van der Waals surface area (Å²) >= 11 is 0. The van der Waals surface area contributed by atoms with Gasteiger partial charge in [0.25, 0.3) is 0 Å². The Kier molecular flexibility index (Phi) is 5.07. The van der Waals surface area contributed by atoms with Crippen molar-refractivity contribution in [2.24, 2.45) is 0 Å². The van der Waals surface area contributed by atoms with Crippen LogP contribution in [-0.2, 0) is 0 Å². The second-order valence-electron chi connectivity index (χ2n) is 5.30. The first-order chi connectivity index (χ1) is 7.90. The third-order valence-corrected chi connectivity index (χ3v) is 4.15. The van der Waals surface area contributed by atoms with Crippen LogP contribution in [0.4, 0.5) is 0 Å². The zero-order valence-corrected chi connectivity index (χ0v) is 10.3. The zero-order chi connectivity index (χ0) is 11.2. The third kappa shape index (κ3) is 3.44. The Morgan fingerprint density at radius 3 is 2.56 bits per heavy atom. The molecule has 1 saturated heterocycles. The SMILES string of the molecule is OC[C@H]1CCCCN1CCNC1CCCC1. The molecule has 1 heterocycles. The second-order valence-corrected chi connectivity index (χ2v) is 5.30. The smallest absolute Gasteiger partial charge is 0.0586 e. The van der Waals surface area contributed by atoms with Gasteiger partial charge >= 0.3 is 0 Å². The van der Waals surface area contributed by atoms with Gasteiger partial charge in [0.2, 0.25) is 0 Å². The minimum absolute atomic E-state index is 0.337. The van der Waals surface area contributed by atoms with Crippen molar-refractivity contribution in [3.8, 4) is 0 Å². The van der Waals surface area contributed by atoms with Crippen LogP contribution >= 0.6 is 0 Å². The van der Waals surface area contributed by atoms with Crippen LogP contribution in [0.5, 0.6) is 0 Å². The largest absolute Gasteiger partial charge is 0.395 e. The molecular weight excluding hydrogens is 200 g/mol.